The number of nitrogens with two attached hydrogens (primary N) is 1. The topological polar surface area (TPSA) is 88.2 Å². The molecule has 33 heavy (non-hydrogen) atoms. The van der Waals surface area contributed by atoms with Crippen LogP contribution in [0.2, 0.25) is 0 Å². The summed E-state index contributed by atoms with van der Waals surface area (Å²) in [6, 6.07) is 6.05. The van der Waals surface area contributed by atoms with Crippen molar-refractivity contribution in [2.45, 2.75) is 51.0 Å². The Morgan fingerprint density at radius 3 is 2.73 bits per heavy atom. The van der Waals surface area contributed by atoms with E-state index in [4.69, 9.17) is 18.7 Å². The molecule has 1 saturated heterocycles. The minimum absolute atomic E-state index is 0.477. The van der Waals surface area contributed by atoms with Gasteiger partial charge in [-0.1, -0.05) is 5.92 Å². The number of aliphatic hydroxyl groups is 1. The van der Waals surface area contributed by atoms with Crippen LogP contribution in [-0.2, 0) is 12.8 Å². The molecule has 3 aromatic rings. The Bertz CT molecular complexity index is 1170. The molecule has 0 amide bonds. The zero-order chi connectivity index (χ0) is 23.4. The predicted octanol–water partition coefficient (Wildman–Crippen LogP) is 3.35. The minimum atomic E-state index is -1.05. The fraction of sp³-hybridized carbons (Fsp3) is 0.400. The number of piperidine rings is 1. The first-order valence-electron chi connectivity index (χ1n) is 11.2. The van der Waals surface area contributed by atoms with E-state index in [9.17, 15) is 5.11 Å². The van der Waals surface area contributed by atoms with Crippen molar-refractivity contribution in [1.29, 1.82) is 0 Å². The summed E-state index contributed by atoms with van der Waals surface area (Å²) in [5, 5.41) is 11.0. The number of nitrogens with zero attached hydrogens (tertiary/aromatic N) is 4. The fourth-order valence-electron chi connectivity index (χ4n) is 3.81. The van der Waals surface area contributed by atoms with Gasteiger partial charge in [0.25, 0.3) is 0 Å². The number of rotatable bonds is 5. The van der Waals surface area contributed by atoms with E-state index in [1.165, 1.54) is 5.01 Å². The molecule has 0 spiro atoms. The Kier molecular flexibility index (Phi) is 7.13. The molecule has 4 heterocycles. The summed E-state index contributed by atoms with van der Waals surface area (Å²) in [6.07, 6.45) is 9.16. The fourth-order valence-corrected chi connectivity index (χ4v) is 4.87. The van der Waals surface area contributed by atoms with Gasteiger partial charge in [-0.3, -0.25) is 0 Å². The van der Waals surface area contributed by atoms with E-state index < -0.39 is 5.60 Å². The average molecular weight is 457 g/mol. The van der Waals surface area contributed by atoms with Crippen LogP contribution in [0, 0.1) is 11.8 Å². The number of anilines is 1. The van der Waals surface area contributed by atoms with Gasteiger partial charge in [-0.2, -0.15) is 0 Å². The van der Waals surface area contributed by atoms with Gasteiger partial charge in [-0.15, -0.1) is 11.3 Å². The molecule has 0 saturated carbocycles. The highest BCUT2D eigenvalue weighted by molar-refractivity contribution is 7.15. The third-order valence-corrected chi connectivity index (χ3v) is 6.90. The van der Waals surface area contributed by atoms with Crippen molar-refractivity contribution in [2.24, 2.45) is 0 Å². The lowest BCUT2D eigenvalue weighted by molar-refractivity contribution is 0.143. The Labute approximate surface area is 200 Å². The van der Waals surface area contributed by atoms with Crippen LogP contribution in [0.1, 0.15) is 54.4 Å². The van der Waals surface area contributed by atoms with E-state index in [0.29, 0.717) is 17.4 Å². The molecule has 1 aliphatic rings. The van der Waals surface area contributed by atoms with Crippen molar-refractivity contribution in [3.63, 3.8) is 0 Å². The molecule has 1 aliphatic heterocycles. The molecule has 4 rings (SSSR count). The van der Waals surface area contributed by atoms with Crippen LogP contribution < -0.4 is 5.73 Å². The monoisotopic (exact) mass is 457 g/mol. The number of thiazole rings is 1. The predicted molar refractivity (Wildman–Crippen MR) is 134 cm³/mol. The second-order valence-electron chi connectivity index (χ2n) is 9.00. The maximum atomic E-state index is 9.80. The highest BCUT2D eigenvalue weighted by atomic mass is 32.1. The highest BCUT2D eigenvalue weighted by Crippen LogP contribution is 2.35. The van der Waals surface area contributed by atoms with E-state index in [0.717, 1.165) is 60.3 Å². The van der Waals surface area contributed by atoms with Crippen LogP contribution in [0.3, 0.4) is 0 Å². The Hall–Kier alpha value is -2.73. The first kappa shape index (κ1) is 23.4. The zero-order valence-electron chi connectivity index (χ0n) is 19.1. The van der Waals surface area contributed by atoms with E-state index in [2.05, 4.69) is 27.9 Å². The second-order valence-corrected chi connectivity index (χ2v) is 10.1. The van der Waals surface area contributed by atoms with Gasteiger partial charge in [0.15, 0.2) is 7.98 Å². The first-order chi connectivity index (χ1) is 15.8. The summed E-state index contributed by atoms with van der Waals surface area (Å²) in [4.78, 5) is 16.4. The van der Waals surface area contributed by atoms with Crippen LogP contribution in [0.4, 0.5) is 5.82 Å². The molecule has 1 fully saturated rings. The summed E-state index contributed by atoms with van der Waals surface area (Å²) < 4.78 is 0. The van der Waals surface area contributed by atoms with Gasteiger partial charge < -0.3 is 15.7 Å². The van der Waals surface area contributed by atoms with E-state index >= 15 is 0 Å². The van der Waals surface area contributed by atoms with Crippen molar-refractivity contribution in [3.8, 4) is 22.3 Å². The van der Waals surface area contributed by atoms with Crippen LogP contribution in [0.15, 0.2) is 36.8 Å². The highest BCUT2D eigenvalue weighted by Gasteiger charge is 2.21. The first-order valence-corrected chi connectivity index (χ1v) is 12.0. The molecule has 6 nitrogen and oxygen atoms in total. The van der Waals surface area contributed by atoms with Crippen molar-refractivity contribution in [1.82, 2.24) is 19.8 Å². The normalized spacial score (nSPS) is 15.2. The summed E-state index contributed by atoms with van der Waals surface area (Å²) in [6.45, 7) is 5.13. The molecule has 3 aromatic heterocycles. The molecule has 0 aliphatic carbocycles. The van der Waals surface area contributed by atoms with Gasteiger partial charge in [0.1, 0.15) is 17.1 Å². The number of hydrogen-bond acceptors (Lipinski definition) is 7. The molecule has 3 N–H and O–H groups in total. The Morgan fingerprint density at radius 2 is 1.97 bits per heavy atom. The average Bonchev–Trinajstić information content (AvgIpc) is 3.28. The van der Waals surface area contributed by atoms with Gasteiger partial charge in [-0.25, -0.2) is 15.0 Å². The third kappa shape index (κ3) is 6.41. The molecule has 0 atom stereocenters. The standard InChI is InChI=1S/C25H28BN5OS/c1-25(2,32)9-5-21-13-17(6-10-28-21)3-4-19-14-20(15-29-23(19)27)22-16-30-24(33-22)18-7-11-31(26)12-8-18/h6,10,13-16,18,32H,3-4,7-8,11-12H2,1-2H3,(H2,27,29). The Balaban J connectivity index is 1.46. The molecule has 2 radical (unpaired) electrons. The molecular formula is C25H28BN5OS. The van der Waals surface area contributed by atoms with Gasteiger partial charge in [-0.05, 0) is 87.9 Å². The van der Waals surface area contributed by atoms with E-state index in [1.807, 2.05) is 29.3 Å². The quantitative estimate of drug-likeness (QED) is 0.451. The number of aromatic nitrogens is 3. The van der Waals surface area contributed by atoms with Crippen molar-refractivity contribution in [2.75, 3.05) is 18.8 Å². The van der Waals surface area contributed by atoms with Gasteiger partial charge in [0.2, 0.25) is 0 Å². The molecule has 0 aromatic carbocycles. The summed E-state index contributed by atoms with van der Waals surface area (Å²) in [5.74, 6) is 6.76. The molecular weight excluding hydrogens is 429 g/mol. The largest absolute Gasteiger partial charge is 0.383 e. The number of hydrogen-bond donors (Lipinski definition) is 2. The lowest BCUT2D eigenvalue weighted by Gasteiger charge is -2.28. The van der Waals surface area contributed by atoms with Crippen molar-refractivity contribution >= 4 is 25.1 Å². The van der Waals surface area contributed by atoms with Gasteiger partial charge in [0.05, 0.1) is 9.88 Å². The summed E-state index contributed by atoms with van der Waals surface area (Å²) >= 11 is 1.74. The number of nitrogen functional groups attached to an aromatic ring is 1. The van der Waals surface area contributed by atoms with Crippen LogP contribution in [-0.4, -0.2) is 51.5 Å². The van der Waals surface area contributed by atoms with Crippen molar-refractivity contribution in [3.05, 3.63) is 58.6 Å². The smallest absolute Gasteiger partial charge is 0.182 e. The van der Waals surface area contributed by atoms with E-state index in [1.54, 1.807) is 31.4 Å². The lowest BCUT2D eigenvalue weighted by Crippen LogP contribution is -2.30. The second kappa shape index (κ2) is 10.0. The number of aryl methyl sites for hydroxylation is 2. The lowest BCUT2D eigenvalue weighted by atomic mass is 9.96. The zero-order valence-corrected chi connectivity index (χ0v) is 19.9. The molecule has 0 unspecified atom stereocenters. The minimum Gasteiger partial charge on any atom is -0.383 e. The maximum absolute atomic E-state index is 9.80. The van der Waals surface area contributed by atoms with Crippen molar-refractivity contribution < 1.29 is 5.11 Å². The summed E-state index contributed by atoms with van der Waals surface area (Å²) in [5.41, 5.74) is 8.96. The van der Waals surface area contributed by atoms with Crippen LogP contribution in [0.5, 0.6) is 0 Å². The molecule has 0 bridgehead atoms. The summed E-state index contributed by atoms with van der Waals surface area (Å²) in [7, 11) is 5.89. The maximum Gasteiger partial charge on any atom is 0.182 e. The van der Waals surface area contributed by atoms with E-state index in [-0.39, 0.29) is 0 Å². The van der Waals surface area contributed by atoms with Crippen LogP contribution in [0.25, 0.3) is 10.4 Å². The molecule has 8 heteroatoms. The SMILES string of the molecule is [B]N1CCC(c2ncc(-c3cnc(N)c(CCc4ccnc(C#CC(C)(C)O)c4)c3)s2)CC1. The van der Waals surface area contributed by atoms with Gasteiger partial charge >= 0.3 is 0 Å². The van der Waals surface area contributed by atoms with Crippen LogP contribution >= 0.6 is 11.3 Å². The Morgan fingerprint density at radius 1 is 1.18 bits per heavy atom. The third-order valence-electron chi connectivity index (χ3n) is 5.69. The molecule has 168 valence electrons. The van der Waals surface area contributed by atoms with Gasteiger partial charge in [0, 0.05) is 30.1 Å². The number of pyridine rings is 2.